The molecular formula is C29H25Cl2N3O7. The number of ether oxygens (including phenoxy) is 4. The van der Waals surface area contributed by atoms with Crippen LogP contribution in [0.25, 0.3) is 16.8 Å². The van der Waals surface area contributed by atoms with Gasteiger partial charge >= 0.3 is 5.91 Å². The molecule has 3 aromatic carbocycles. The van der Waals surface area contributed by atoms with E-state index in [4.69, 9.17) is 42.1 Å². The molecule has 212 valence electrons. The molecule has 0 radical (unpaired) electrons. The number of nitrogens with zero attached hydrogens (tertiary/aromatic N) is 2. The van der Waals surface area contributed by atoms with Crippen molar-refractivity contribution in [1.29, 1.82) is 0 Å². The van der Waals surface area contributed by atoms with Gasteiger partial charge in [0.05, 0.1) is 61.7 Å². The standard InChI is InChI=1S/C29H25Cl2N3O7/c1-13-7-6-8-14(9-13)23-21(24(35)15-10-16(30)27(41-5)22(31)26(15)40-4)25(36)28(37)34(23)29-32-17-11-19(38-2)20(39-3)12-18(17)33-29/h6-12,23,35H,1-5H3,(H,32,33)/b24-21+. The van der Waals surface area contributed by atoms with Crippen LogP contribution >= 0.6 is 23.2 Å². The van der Waals surface area contributed by atoms with E-state index < -0.39 is 23.5 Å². The van der Waals surface area contributed by atoms with E-state index in [0.29, 0.717) is 28.1 Å². The van der Waals surface area contributed by atoms with Crippen molar-refractivity contribution in [2.45, 2.75) is 13.0 Å². The summed E-state index contributed by atoms with van der Waals surface area (Å²) >= 11 is 12.8. The normalized spacial score (nSPS) is 16.4. The van der Waals surface area contributed by atoms with Crippen LogP contribution in [-0.2, 0) is 9.59 Å². The lowest BCUT2D eigenvalue weighted by Gasteiger charge is -2.23. The van der Waals surface area contributed by atoms with Gasteiger partial charge in [0.1, 0.15) is 10.8 Å². The summed E-state index contributed by atoms with van der Waals surface area (Å²) in [5, 5.41) is 11.7. The van der Waals surface area contributed by atoms with Crippen LogP contribution in [-0.4, -0.2) is 55.2 Å². The molecule has 1 aliphatic rings. The van der Waals surface area contributed by atoms with Gasteiger partial charge in [-0.2, -0.15) is 0 Å². The van der Waals surface area contributed by atoms with E-state index >= 15 is 0 Å². The Morgan fingerprint density at radius 3 is 2.27 bits per heavy atom. The largest absolute Gasteiger partial charge is 0.507 e. The van der Waals surface area contributed by atoms with Crippen molar-refractivity contribution in [3.63, 3.8) is 0 Å². The number of carbonyl (C=O) groups excluding carboxylic acids is 2. The number of methoxy groups -OCH3 is 4. The summed E-state index contributed by atoms with van der Waals surface area (Å²) in [7, 11) is 5.73. The molecule has 1 atom stereocenters. The fourth-order valence-corrected chi connectivity index (χ4v) is 5.62. The highest BCUT2D eigenvalue weighted by molar-refractivity contribution is 6.51. The molecule has 0 saturated carbocycles. The minimum Gasteiger partial charge on any atom is -0.507 e. The monoisotopic (exact) mass is 597 g/mol. The van der Waals surface area contributed by atoms with Gasteiger partial charge < -0.3 is 29.0 Å². The number of aliphatic hydroxyl groups excluding tert-OH is 1. The van der Waals surface area contributed by atoms with E-state index in [9.17, 15) is 14.7 Å². The number of rotatable bonds is 7. The lowest BCUT2D eigenvalue weighted by molar-refractivity contribution is -0.132. The molecular weight excluding hydrogens is 573 g/mol. The molecule has 41 heavy (non-hydrogen) atoms. The van der Waals surface area contributed by atoms with Crippen LogP contribution in [0.3, 0.4) is 0 Å². The molecule has 2 N–H and O–H groups in total. The first-order chi connectivity index (χ1) is 19.6. The average Bonchev–Trinajstić information content (AvgIpc) is 3.48. The Bertz CT molecular complexity index is 1710. The maximum Gasteiger partial charge on any atom is 0.302 e. The maximum absolute atomic E-state index is 13.7. The van der Waals surface area contributed by atoms with E-state index in [1.54, 1.807) is 24.3 Å². The Kier molecular flexibility index (Phi) is 7.46. The average molecular weight is 598 g/mol. The Labute approximate surface area is 245 Å². The van der Waals surface area contributed by atoms with Crippen LogP contribution in [0.2, 0.25) is 10.0 Å². The minimum absolute atomic E-state index is 0.00874. The van der Waals surface area contributed by atoms with Crippen molar-refractivity contribution in [3.05, 3.63) is 74.8 Å². The van der Waals surface area contributed by atoms with Gasteiger partial charge in [0, 0.05) is 12.1 Å². The summed E-state index contributed by atoms with van der Waals surface area (Å²) in [4.78, 5) is 36.2. The molecule has 0 bridgehead atoms. The second-order valence-corrected chi connectivity index (χ2v) is 9.94. The topological polar surface area (TPSA) is 123 Å². The van der Waals surface area contributed by atoms with Crippen molar-refractivity contribution in [2.24, 2.45) is 0 Å². The Hall–Kier alpha value is -4.41. The molecule has 10 nitrogen and oxygen atoms in total. The molecule has 5 rings (SSSR count). The number of aromatic amines is 1. The Morgan fingerprint density at radius 1 is 0.951 bits per heavy atom. The van der Waals surface area contributed by atoms with E-state index in [1.165, 1.54) is 39.4 Å². The highest BCUT2D eigenvalue weighted by atomic mass is 35.5. The zero-order valence-electron chi connectivity index (χ0n) is 22.7. The number of imidazole rings is 1. The van der Waals surface area contributed by atoms with Gasteiger partial charge in [-0.15, -0.1) is 0 Å². The first-order valence-electron chi connectivity index (χ1n) is 12.2. The second kappa shape index (κ2) is 10.9. The second-order valence-electron chi connectivity index (χ2n) is 9.15. The fourth-order valence-electron chi connectivity index (χ4n) is 4.94. The number of ketones is 1. The molecule has 1 fully saturated rings. The van der Waals surface area contributed by atoms with Gasteiger partial charge in [0.25, 0.3) is 5.78 Å². The number of aromatic nitrogens is 2. The van der Waals surface area contributed by atoms with Gasteiger partial charge in [-0.1, -0.05) is 53.0 Å². The number of hydrogen-bond acceptors (Lipinski definition) is 8. The van der Waals surface area contributed by atoms with Gasteiger partial charge in [0.15, 0.2) is 23.0 Å². The van der Waals surface area contributed by atoms with E-state index in [-0.39, 0.29) is 38.6 Å². The van der Waals surface area contributed by atoms with Crippen molar-refractivity contribution in [3.8, 4) is 23.0 Å². The number of anilines is 1. The molecule has 1 aromatic heterocycles. The summed E-state index contributed by atoms with van der Waals surface area (Å²) in [6.07, 6.45) is 0. The quantitative estimate of drug-likeness (QED) is 0.155. The number of Topliss-reactive ketones (excluding diaryl/α,β-unsaturated/α-hetero) is 1. The number of aliphatic hydroxyl groups is 1. The van der Waals surface area contributed by atoms with Crippen molar-refractivity contribution >= 4 is 57.6 Å². The predicted molar refractivity (Wildman–Crippen MR) is 155 cm³/mol. The van der Waals surface area contributed by atoms with E-state index in [1.807, 2.05) is 19.1 Å². The van der Waals surface area contributed by atoms with Crippen molar-refractivity contribution < 1.29 is 33.6 Å². The first-order valence-corrected chi connectivity index (χ1v) is 13.0. The summed E-state index contributed by atoms with van der Waals surface area (Å²) in [5.74, 6) is -1.24. The molecule has 0 aliphatic carbocycles. The fraction of sp³-hybridized carbons (Fsp3) is 0.207. The Morgan fingerprint density at radius 2 is 1.63 bits per heavy atom. The number of aryl methyl sites for hydroxylation is 1. The third-order valence-electron chi connectivity index (χ3n) is 6.80. The third kappa shape index (κ3) is 4.58. The van der Waals surface area contributed by atoms with E-state index in [0.717, 1.165) is 5.56 Å². The first kappa shape index (κ1) is 28.1. The number of carbonyl (C=O) groups is 2. The lowest BCUT2D eigenvalue weighted by Crippen LogP contribution is -2.30. The zero-order valence-corrected chi connectivity index (χ0v) is 24.2. The highest BCUT2D eigenvalue weighted by Crippen LogP contribution is 2.48. The van der Waals surface area contributed by atoms with Crippen LogP contribution in [0.1, 0.15) is 22.7 Å². The van der Waals surface area contributed by atoms with Crippen LogP contribution in [0.4, 0.5) is 5.95 Å². The molecule has 1 aliphatic heterocycles. The minimum atomic E-state index is -1.07. The molecule has 1 unspecified atom stereocenters. The molecule has 2 heterocycles. The van der Waals surface area contributed by atoms with Gasteiger partial charge in [-0.05, 0) is 18.6 Å². The summed E-state index contributed by atoms with van der Waals surface area (Å²) < 4.78 is 21.5. The van der Waals surface area contributed by atoms with Crippen LogP contribution < -0.4 is 23.8 Å². The number of fused-ring (bicyclic) bond motifs is 1. The predicted octanol–water partition coefficient (Wildman–Crippen LogP) is 5.84. The maximum atomic E-state index is 13.7. The summed E-state index contributed by atoms with van der Waals surface area (Å²) in [6, 6.07) is 10.9. The van der Waals surface area contributed by atoms with Crippen LogP contribution in [0.15, 0.2) is 48.0 Å². The summed E-state index contributed by atoms with van der Waals surface area (Å²) in [5.41, 5.74) is 2.26. The van der Waals surface area contributed by atoms with Crippen molar-refractivity contribution in [2.75, 3.05) is 33.3 Å². The number of hydrogen-bond donors (Lipinski definition) is 2. The number of nitrogens with one attached hydrogen (secondary N) is 1. The van der Waals surface area contributed by atoms with E-state index in [2.05, 4.69) is 9.97 Å². The number of benzene rings is 3. The number of H-pyrrole nitrogens is 1. The van der Waals surface area contributed by atoms with Gasteiger partial charge in [0.2, 0.25) is 5.95 Å². The van der Waals surface area contributed by atoms with Crippen molar-refractivity contribution in [1.82, 2.24) is 9.97 Å². The SMILES string of the molecule is COc1cc2nc(N3C(=O)C(=O)/C(=C(/O)c4cc(Cl)c(OC)c(Cl)c4OC)C3c3cccc(C)c3)[nH]c2cc1OC. The van der Waals surface area contributed by atoms with Crippen LogP contribution in [0, 0.1) is 6.92 Å². The lowest BCUT2D eigenvalue weighted by atomic mass is 9.94. The molecule has 4 aromatic rings. The molecule has 1 amide bonds. The number of amides is 1. The number of halogens is 2. The Balaban J connectivity index is 1.77. The summed E-state index contributed by atoms with van der Waals surface area (Å²) in [6.45, 7) is 1.88. The third-order valence-corrected chi connectivity index (χ3v) is 7.42. The smallest absolute Gasteiger partial charge is 0.302 e. The van der Waals surface area contributed by atoms with Gasteiger partial charge in [-0.3, -0.25) is 14.5 Å². The van der Waals surface area contributed by atoms with Gasteiger partial charge in [-0.25, -0.2) is 4.98 Å². The molecule has 12 heteroatoms. The highest BCUT2D eigenvalue weighted by Gasteiger charge is 2.48. The zero-order chi connectivity index (χ0) is 29.6. The molecule has 1 saturated heterocycles. The molecule has 0 spiro atoms. The van der Waals surface area contributed by atoms with Crippen LogP contribution in [0.5, 0.6) is 23.0 Å².